The van der Waals surface area contributed by atoms with Gasteiger partial charge in [-0.1, -0.05) is 29.8 Å². The van der Waals surface area contributed by atoms with Gasteiger partial charge in [0.15, 0.2) is 0 Å². The molecule has 18 heavy (non-hydrogen) atoms. The van der Waals surface area contributed by atoms with E-state index < -0.39 is 0 Å². The number of para-hydroxylation sites is 1. The molecule has 2 rings (SSSR count). The number of halogens is 2. The number of rotatable bonds is 4. The fourth-order valence-corrected chi connectivity index (χ4v) is 2.12. The van der Waals surface area contributed by atoms with Gasteiger partial charge in [0.05, 0.1) is 5.52 Å². The number of aliphatic hydroxyl groups excluding tert-OH is 1. The van der Waals surface area contributed by atoms with Gasteiger partial charge in [0.1, 0.15) is 5.15 Å². The van der Waals surface area contributed by atoms with Crippen LogP contribution in [0.25, 0.3) is 10.9 Å². The monoisotopic (exact) mass is 286 g/mol. The SMILES string of the molecule is Cl.N[C@@H](CCCO)c1cc2ccccc2nc1Cl. The number of benzene rings is 1. The highest BCUT2D eigenvalue weighted by Gasteiger charge is 2.12. The zero-order chi connectivity index (χ0) is 12.3. The average Bonchev–Trinajstić information content (AvgIpc) is 2.35. The largest absolute Gasteiger partial charge is 0.396 e. The molecule has 0 bridgehead atoms. The quantitative estimate of drug-likeness (QED) is 0.850. The van der Waals surface area contributed by atoms with Crippen LogP contribution in [0.2, 0.25) is 5.15 Å². The minimum atomic E-state index is -0.174. The van der Waals surface area contributed by atoms with Crippen LogP contribution < -0.4 is 5.73 Å². The van der Waals surface area contributed by atoms with Gasteiger partial charge in [-0.3, -0.25) is 0 Å². The zero-order valence-electron chi connectivity index (χ0n) is 9.84. The molecule has 0 unspecified atom stereocenters. The molecule has 3 N–H and O–H groups in total. The Labute approximate surface area is 117 Å². The summed E-state index contributed by atoms with van der Waals surface area (Å²) in [4.78, 5) is 4.33. The lowest BCUT2D eigenvalue weighted by Crippen LogP contribution is -2.12. The number of aromatic nitrogens is 1. The molecule has 0 aliphatic carbocycles. The van der Waals surface area contributed by atoms with E-state index in [1.807, 2.05) is 30.3 Å². The van der Waals surface area contributed by atoms with Crippen molar-refractivity contribution in [1.29, 1.82) is 0 Å². The van der Waals surface area contributed by atoms with Crippen LogP contribution in [0.5, 0.6) is 0 Å². The van der Waals surface area contributed by atoms with Gasteiger partial charge in [-0.25, -0.2) is 4.98 Å². The summed E-state index contributed by atoms with van der Waals surface area (Å²) >= 11 is 6.12. The van der Waals surface area contributed by atoms with Crippen LogP contribution >= 0.6 is 24.0 Å². The second-order valence-electron chi connectivity index (χ2n) is 4.03. The van der Waals surface area contributed by atoms with E-state index >= 15 is 0 Å². The minimum absolute atomic E-state index is 0. The van der Waals surface area contributed by atoms with Gasteiger partial charge in [-0.15, -0.1) is 12.4 Å². The summed E-state index contributed by atoms with van der Waals surface area (Å²) in [5.41, 5.74) is 7.75. The molecule has 1 aromatic heterocycles. The van der Waals surface area contributed by atoms with Gasteiger partial charge in [0, 0.05) is 23.6 Å². The van der Waals surface area contributed by atoms with Crippen LogP contribution in [-0.2, 0) is 0 Å². The molecule has 1 heterocycles. The summed E-state index contributed by atoms with van der Waals surface area (Å²) in [7, 11) is 0. The van der Waals surface area contributed by atoms with E-state index in [0.29, 0.717) is 18.0 Å². The van der Waals surface area contributed by atoms with E-state index in [1.54, 1.807) is 0 Å². The minimum Gasteiger partial charge on any atom is -0.396 e. The molecule has 98 valence electrons. The molecule has 2 aromatic rings. The zero-order valence-corrected chi connectivity index (χ0v) is 11.4. The Morgan fingerprint density at radius 2 is 2.06 bits per heavy atom. The van der Waals surface area contributed by atoms with Gasteiger partial charge < -0.3 is 10.8 Å². The van der Waals surface area contributed by atoms with Gasteiger partial charge >= 0.3 is 0 Å². The van der Waals surface area contributed by atoms with E-state index in [-0.39, 0.29) is 25.1 Å². The average molecular weight is 287 g/mol. The van der Waals surface area contributed by atoms with Crippen molar-refractivity contribution in [2.45, 2.75) is 18.9 Å². The molecule has 3 nitrogen and oxygen atoms in total. The van der Waals surface area contributed by atoms with Crippen molar-refractivity contribution in [3.63, 3.8) is 0 Å². The number of fused-ring (bicyclic) bond motifs is 1. The third-order valence-corrected chi connectivity index (χ3v) is 3.08. The van der Waals surface area contributed by atoms with E-state index in [2.05, 4.69) is 4.98 Å². The van der Waals surface area contributed by atoms with Gasteiger partial charge in [-0.05, 0) is 25.0 Å². The summed E-state index contributed by atoms with van der Waals surface area (Å²) in [6, 6.07) is 9.60. The third kappa shape index (κ3) is 3.33. The van der Waals surface area contributed by atoms with Crippen molar-refractivity contribution in [3.05, 3.63) is 41.0 Å². The van der Waals surface area contributed by atoms with E-state index in [9.17, 15) is 0 Å². The fourth-order valence-electron chi connectivity index (χ4n) is 1.84. The Kier molecular flexibility index (Phi) is 5.82. The number of hydrogen-bond donors (Lipinski definition) is 2. The lowest BCUT2D eigenvalue weighted by molar-refractivity contribution is 0.280. The van der Waals surface area contributed by atoms with E-state index in [4.69, 9.17) is 22.4 Å². The van der Waals surface area contributed by atoms with Crippen molar-refractivity contribution >= 4 is 34.9 Å². The first-order valence-electron chi connectivity index (χ1n) is 5.64. The van der Waals surface area contributed by atoms with Gasteiger partial charge in [0.2, 0.25) is 0 Å². The summed E-state index contributed by atoms with van der Waals surface area (Å²) in [6.07, 6.45) is 1.38. The van der Waals surface area contributed by atoms with Crippen LogP contribution in [0.15, 0.2) is 30.3 Å². The van der Waals surface area contributed by atoms with Crippen molar-refractivity contribution < 1.29 is 5.11 Å². The highest BCUT2D eigenvalue weighted by Crippen LogP contribution is 2.26. The lowest BCUT2D eigenvalue weighted by atomic mass is 10.0. The topological polar surface area (TPSA) is 59.1 Å². The molecule has 0 radical (unpaired) electrons. The molecule has 0 aliphatic rings. The van der Waals surface area contributed by atoms with Crippen LogP contribution in [0.1, 0.15) is 24.4 Å². The van der Waals surface area contributed by atoms with E-state index in [1.165, 1.54) is 0 Å². The molecule has 5 heteroatoms. The summed E-state index contributed by atoms with van der Waals surface area (Å²) in [5, 5.41) is 10.3. The van der Waals surface area contributed by atoms with Crippen molar-refractivity contribution in [3.8, 4) is 0 Å². The molecule has 0 aliphatic heterocycles. The molecule has 0 spiro atoms. The molecular formula is C13H16Cl2N2O. The first kappa shape index (κ1) is 15.2. The molecule has 0 saturated heterocycles. The summed E-state index contributed by atoms with van der Waals surface area (Å²) in [6.45, 7) is 0.145. The first-order chi connectivity index (χ1) is 8.22. The molecule has 0 saturated carbocycles. The van der Waals surface area contributed by atoms with Crippen LogP contribution in [-0.4, -0.2) is 16.7 Å². The van der Waals surface area contributed by atoms with Crippen LogP contribution in [0.3, 0.4) is 0 Å². The first-order valence-corrected chi connectivity index (χ1v) is 6.02. The van der Waals surface area contributed by atoms with E-state index in [0.717, 1.165) is 16.5 Å². The number of aliphatic hydroxyl groups is 1. The predicted octanol–water partition coefficient (Wildman–Crippen LogP) is 3.08. The second kappa shape index (κ2) is 6.90. The Morgan fingerprint density at radius 1 is 1.33 bits per heavy atom. The Hall–Kier alpha value is -0.870. The van der Waals surface area contributed by atoms with Crippen molar-refractivity contribution in [2.24, 2.45) is 5.73 Å². The number of nitrogens with zero attached hydrogens (tertiary/aromatic N) is 1. The van der Waals surface area contributed by atoms with Crippen LogP contribution in [0.4, 0.5) is 0 Å². The van der Waals surface area contributed by atoms with Gasteiger partial charge in [0.25, 0.3) is 0 Å². The number of pyridine rings is 1. The predicted molar refractivity (Wildman–Crippen MR) is 77.2 cm³/mol. The summed E-state index contributed by atoms with van der Waals surface area (Å²) in [5.74, 6) is 0. The maximum atomic E-state index is 8.80. The molecule has 0 amide bonds. The summed E-state index contributed by atoms with van der Waals surface area (Å²) < 4.78 is 0. The smallest absolute Gasteiger partial charge is 0.134 e. The van der Waals surface area contributed by atoms with Crippen molar-refractivity contribution in [2.75, 3.05) is 6.61 Å². The second-order valence-corrected chi connectivity index (χ2v) is 4.39. The van der Waals surface area contributed by atoms with Crippen LogP contribution in [0, 0.1) is 0 Å². The fraction of sp³-hybridized carbons (Fsp3) is 0.308. The Balaban J connectivity index is 0.00000162. The molecular weight excluding hydrogens is 271 g/mol. The van der Waals surface area contributed by atoms with Gasteiger partial charge in [-0.2, -0.15) is 0 Å². The highest BCUT2D eigenvalue weighted by atomic mass is 35.5. The van der Waals surface area contributed by atoms with Crippen molar-refractivity contribution in [1.82, 2.24) is 4.98 Å². The molecule has 1 atom stereocenters. The number of nitrogens with two attached hydrogens (primary N) is 1. The maximum Gasteiger partial charge on any atom is 0.134 e. The standard InChI is InChI=1S/C13H15ClN2O.ClH/c14-13-10(11(15)5-3-7-17)8-9-4-1-2-6-12(9)16-13;/h1-2,4,6,8,11,17H,3,5,7,15H2;1H/t11-;/m0./s1. The Bertz CT molecular complexity index is 519. The Morgan fingerprint density at radius 3 is 2.78 bits per heavy atom. The highest BCUT2D eigenvalue weighted by molar-refractivity contribution is 6.30. The third-order valence-electron chi connectivity index (χ3n) is 2.78. The lowest BCUT2D eigenvalue weighted by Gasteiger charge is -2.13. The number of hydrogen-bond acceptors (Lipinski definition) is 3. The molecule has 0 fully saturated rings. The normalized spacial score (nSPS) is 12.2. The molecule has 1 aromatic carbocycles. The maximum absolute atomic E-state index is 8.80.